The van der Waals surface area contributed by atoms with E-state index in [1.54, 1.807) is 46.7 Å². The van der Waals surface area contributed by atoms with E-state index in [1.807, 2.05) is 36.5 Å². The van der Waals surface area contributed by atoms with Crippen LogP contribution in [0.2, 0.25) is 0 Å². The first kappa shape index (κ1) is 18.6. The number of amides is 2. The Labute approximate surface area is 171 Å². The SMILES string of the molecule is O=C(Cc1cnn(-c2ccccc2)c1)Nc1ccc(C(=O)Nc2nccs2)cc1. The fourth-order valence-corrected chi connectivity index (χ4v) is 3.25. The molecule has 0 aliphatic carbocycles. The predicted molar refractivity (Wildman–Crippen MR) is 112 cm³/mol. The van der Waals surface area contributed by atoms with Crippen molar-refractivity contribution in [3.8, 4) is 5.69 Å². The highest BCUT2D eigenvalue weighted by Gasteiger charge is 2.10. The molecule has 0 aliphatic rings. The average Bonchev–Trinajstić information content (AvgIpc) is 3.41. The highest BCUT2D eigenvalue weighted by Crippen LogP contribution is 2.15. The number of carbonyl (C=O) groups excluding carboxylic acids is 2. The van der Waals surface area contributed by atoms with E-state index in [9.17, 15) is 9.59 Å². The third-order valence-electron chi connectivity index (χ3n) is 4.11. The van der Waals surface area contributed by atoms with Crippen molar-refractivity contribution in [1.29, 1.82) is 0 Å². The molecule has 29 heavy (non-hydrogen) atoms. The van der Waals surface area contributed by atoms with Crippen LogP contribution in [0, 0.1) is 0 Å². The van der Waals surface area contributed by atoms with Crippen molar-refractivity contribution >= 4 is 34.0 Å². The number of thiazole rings is 1. The van der Waals surface area contributed by atoms with E-state index >= 15 is 0 Å². The fourth-order valence-electron chi connectivity index (χ4n) is 2.72. The zero-order valence-electron chi connectivity index (χ0n) is 15.3. The number of benzene rings is 2. The summed E-state index contributed by atoms with van der Waals surface area (Å²) >= 11 is 1.35. The molecule has 2 aromatic heterocycles. The molecule has 2 N–H and O–H groups in total. The van der Waals surface area contributed by atoms with Crippen molar-refractivity contribution in [2.75, 3.05) is 10.6 Å². The molecule has 4 rings (SSSR count). The van der Waals surface area contributed by atoms with Gasteiger partial charge in [-0.05, 0) is 42.0 Å². The number of nitrogens with zero attached hydrogens (tertiary/aromatic N) is 3. The maximum Gasteiger partial charge on any atom is 0.257 e. The third kappa shape index (κ3) is 4.74. The molecule has 7 nitrogen and oxygen atoms in total. The van der Waals surface area contributed by atoms with Crippen LogP contribution in [0.3, 0.4) is 0 Å². The Morgan fingerprint density at radius 2 is 1.79 bits per heavy atom. The van der Waals surface area contributed by atoms with E-state index < -0.39 is 0 Å². The van der Waals surface area contributed by atoms with Crippen LogP contribution in [0.25, 0.3) is 5.69 Å². The Hall–Kier alpha value is -3.78. The lowest BCUT2D eigenvalue weighted by atomic mass is 10.2. The van der Waals surface area contributed by atoms with Gasteiger partial charge in [-0.25, -0.2) is 9.67 Å². The first-order valence-corrected chi connectivity index (χ1v) is 9.75. The van der Waals surface area contributed by atoms with Gasteiger partial charge >= 0.3 is 0 Å². The second-order valence-electron chi connectivity index (χ2n) is 6.22. The molecule has 0 unspecified atom stereocenters. The molecule has 0 atom stereocenters. The maximum atomic E-state index is 12.3. The molecule has 4 aromatic rings. The molecule has 144 valence electrons. The second kappa shape index (κ2) is 8.49. The van der Waals surface area contributed by atoms with Crippen molar-refractivity contribution in [2.24, 2.45) is 0 Å². The molecule has 0 fully saturated rings. The minimum absolute atomic E-state index is 0.155. The minimum atomic E-state index is -0.244. The quantitative estimate of drug-likeness (QED) is 0.513. The number of hydrogen-bond donors (Lipinski definition) is 2. The monoisotopic (exact) mass is 403 g/mol. The molecular formula is C21H17N5O2S. The number of aromatic nitrogens is 3. The van der Waals surface area contributed by atoms with Crippen LogP contribution in [0.15, 0.2) is 78.6 Å². The highest BCUT2D eigenvalue weighted by atomic mass is 32.1. The van der Waals surface area contributed by atoms with Gasteiger partial charge in [-0.3, -0.25) is 14.9 Å². The summed E-state index contributed by atoms with van der Waals surface area (Å²) in [4.78, 5) is 28.5. The van der Waals surface area contributed by atoms with E-state index in [1.165, 1.54) is 11.3 Å². The topological polar surface area (TPSA) is 88.9 Å². The van der Waals surface area contributed by atoms with Gasteiger partial charge in [-0.2, -0.15) is 5.10 Å². The Bertz CT molecular complexity index is 1110. The standard InChI is InChI=1S/C21H17N5O2S/c27-19(12-15-13-23-26(14-15)18-4-2-1-3-5-18)24-17-8-6-16(7-9-17)20(28)25-21-22-10-11-29-21/h1-11,13-14H,12H2,(H,24,27)(H,22,25,28). The van der Waals surface area contributed by atoms with Crippen LogP contribution in [0.4, 0.5) is 10.8 Å². The smallest absolute Gasteiger partial charge is 0.257 e. The molecule has 0 saturated heterocycles. The Balaban J connectivity index is 1.34. The van der Waals surface area contributed by atoms with Crippen LogP contribution in [-0.2, 0) is 11.2 Å². The van der Waals surface area contributed by atoms with E-state index in [4.69, 9.17) is 0 Å². The number of carbonyl (C=O) groups is 2. The van der Waals surface area contributed by atoms with Gasteiger partial charge in [0.15, 0.2) is 5.13 Å². The van der Waals surface area contributed by atoms with Crippen molar-refractivity contribution in [3.05, 3.63) is 89.7 Å². The Morgan fingerprint density at radius 1 is 1.00 bits per heavy atom. The lowest BCUT2D eigenvalue weighted by Gasteiger charge is -2.06. The number of rotatable bonds is 6. The molecule has 0 bridgehead atoms. The molecular weight excluding hydrogens is 386 g/mol. The van der Waals surface area contributed by atoms with Gasteiger partial charge in [-0.15, -0.1) is 11.3 Å². The normalized spacial score (nSPS) is 10.5. The minimum Gasteiger partial charge on any atom is -0.326 e. The first-order valence-electron chi connectivity index (χ1n) is 8.87. The van der Waals surface area contributed by atoms with Crippen LogP contribution in [0.1, 0.15) is 15.9 Å². The lowest BCUT2D eigenvalue weighted by Crippen LogP contribution is -2.15. The molecule has 0 aliphatic heterocycles. The van der Waals surface area contributed by atoms with Crippen molar-refractivity contribution < 1.29 is 9.59 Å². The van der Waals surface area contributed by atoms with Crippen LogP contribution in [-0.4, -0.2) is 26.6 Å². The Morgan fingerprint density at radius 3 is 2.52 bits per heavy atom. The summed E-state index contributed by atoms with van der Waals surface area (Å²) in [5.74, 6) is -0.399. The summed E-state index contributed by atoms with van der Waals surface area (Å²) in [6.45, 7) is 0. The maximum absolute atomic E-state index is 12.3. The van der Waals surface area contributed by atoms with Gasteiger partial charge in [0.1, 0.15) is 0 Å². The molecule has 0 radical (unpaired) electrons. The fraction of sp³-hybridized carbons (Fsp3) is 0.0476. The van der Waals surface area contributed by atoms with Crippen molar-refractivity contribution in [3.63, 3.8) is 0 Å². The summed E-state index contributed by atoms with van der Waals surface area (Å²) < 4.78 is 1.73. The molecule has 0 saturated carbocycles. The molecule has 8 heteroatoms. The van der Waals surface area contributed by atoms with Gasteiger partial charge in [0.2, 0.25) is 5.91 Å². The second-order valence-corrected chi connectivity index (χ2v) is 7.12. The largest absolute Gasteiger partial charge is 0.326 e. The van der Waals surface area contributed by atoms with Gasteiger partial charge in [-0.1, -0.05) is 18.2 Å². The van der Waals surface area contributed by atoms with Crippen LogP contribution in [0.5, 0.6) is 0 Å². The third-order valence-corrected chi connectivity index (χ3v) is 4.79. The van der Waals surface area contributed by atoms with E-state index in [2.05, 4.69) is 20.7 Å². The number of hydrogen-bond acceptors (Lipinski definition) is 5. The van der Waals surface area contributed by atoms with Gasteiger partial charge in [0.25, 0.3) is 5.91 Å². The number of anilines is 2. The predicted octanol–water partition coefficient (Wildman–Crippen LogP) is 3.76. The summed E-state index contributed by atoms with van der Waals surface area (Å²) in [5, 5.41) is 12.2. The Kier molecular flexibility index (Phi) is 5.44. The average molecular weight is 403 g/mol. The van der Waals surface area contributed by atoms with E-state index in [0.29, 0.717) is 16.4 Å². The zero-order chi connectivity index (χ0) is 20.1. The van der Waals surface area contributed by atoms with Gasteiger partial charge < -0.3 is 5.32 Å². The first-order chi connectivity index (χ1) is 14.2. The van der Waals surface area contributed by atoms with Gasteiger partial charge in [0, 0.05) is 29.0 Å². The van der Waals surface area contributed by atoms with Crippen molar-refractivity contribution in [1.82, 2.24) is 14.8 Å². The molecule has 0 spiro atoms. The van der Waals surface area contributed by atoms with Crippen LogP contribution >= 0.6 is 11.3 Å². The number of para-hydroxylation sites is 1. The molecule has 2 amide bonds. The van der Waals surface area contributed by atoms with E-state index in [-0.39, 0.29) is 18.2 Å². The molecule has 2 heterocycles. The number of nitrogens with one attached hydrogen (secondary N) is 2. The highest BCUT2D eigenvalue weighted by molar-refractivity contribution is 7.13. The van der Waals surface area contributed by atoms with Crippen LogP contribution < -0.4 is 10.6 Å². The van der Waals surface area contributed by atoms with Gasteiger partial charge in [0.05, 0.1) is 18.3 Å². The van der Waals surface area contributed by atoms with E-state index in [0.717, 1.165) is 11.3 Å². The lowest BCUT2D eigenvalue weighted by molar-refractivity contribution is -0.115. The van der Waals surface area contributed by atoms with Crippen molar-refractivity contribution in [2.45, 2.75) is 6.42 Å². The summed E-state index contributed by atoms with van der Waals surface area (Å²) in [5.41, 5.74) is 2.86. The summed E-state index contributed by atoms with van der Waals surface area (Å²) in [6.07, 6.45) is 5.35. The molecule has 2 aromatic carbocycles. The zero-order valence-corrected chi connectivity index (χ0v) is 16.1. The summed E-state index contributed by atoms with van der Waals surface area (Å²) in [6, 6.07) is 16.4. The summed E-state index contributed by atoms with van der Waals surface area (Å²) in [7, 11) is 0.